The minimum Gasteiger partial charge on any atom is -0.463 e. The first-order valence-electron chi connectivity index (χ1n) is 5.87. The predicted molar refractivity (Wildman–Crippen MR) is 63.6 cm³/mol. The molecule has 84 valence electrons. The third-order valence-corrected chi connectivity index (χ3v) is 3.35. The number of aliphatic imine (C=N–C) groups is 1. The fourth-order valence-corrected chi connectivity index (χ4v) is 2.62. The van der Waals surface area contributed by atoms with Crippen molar-refractivity contribution in [3.05, 3.63) is 34.9 Å². The van der Waals surface area contributed by atoms with Gasteiger partial charge in [0.05, 0.1) is 12.6 Å². The Morgan fingerprint density at radius 2 is 2.38 bits per heavy atom. The largest absolute Gasteiger partial charge is 0.463 e. The van der Waals surface area contributed by atoms with Gasteiger partial charge in [-0.05, 0) is 36.5 Å². The zero-order chi connectivity index (χ0) is 11.0. The molecule has 3 rings (SSSR count). The molecule has 0 aromatic heterocycles. The molecular formula is C13H16N2O. The van der Waals surface area contributed by atoms with Gasteiger partial charge in [-0.25, -0.2) is 4.99 Å². The average molecular weight is 216 g/mol. The van der Waals surface area contributed by atoms with E-state index < -0.39 is 0 Å². The number of aryl methyl sites for hydroxylation is 2. The molecule has 1 N–H and O–H groups in total. The lowest BCUT2D eigenvalue weighted by atomic mass is 10.0. The second-order valence-electron chi connectivity index (χ2n) is 4.42. The molecule has 1 aliphatic carbocycles. The van der Waals surface area contributed by atoms with Crippen LogP contribution in [0.2, 0.25) is 0 Å². The van der Waals surface area contributed by atoms with E-state index in [9.17, 15) is 0 Å². The maximum Gasteiger partial charge on any atom is 0.285 e. The zero-order valence-corrected chi connectivity index (χ0v) is 9.49. The molecule has 0 bridgehead atoms. The summed E-state index contributed by atoms with van der Waals surface area (Å²) in [6.45, 7) is 3.68. The summed E-state index contributed by atoms with van der Waals surface area (Å²) in [7, 11) is 0. The number of amidine groups is 1. The van der Waals surface area contributed by atoms with E-state index in [1.54, 1.807) is 0 Å². The Kier molecular flexibility index (Phi) is 2.31. The van der Waals surface area contributed by atoms with Gasteiger partial charge in [-0.3, -0.25) is 0 Å². The molecule has 1 unspecified atom stereocenters. The minimum absolute atomic E-state index is 0.382. The van der Waals surface area contributed by atoms with Crippen molar-refractivity contribution in [2.75, 3.05) is 13.2 Å². The lowest BCUT2D eigenvalue weighted by Crippen LogP contribution is -2.27. The summed E-state index contributed by atoms with van der Waals surface area (Å²) >= 11 is 0. The number of nitrogens with one attached hydrogen (secondary N) is 1. The van der Waals surface area contributed by atoms with Gasteiger partial charge in [0.25, 0.3) is 6.02 Å². The van der Waals surface area contributed by atoms with E-state index in [1.807, 2.05) is 0 Å². The molecule has 3 heteroatoms. The molecule has 16 heavy (non-hydrogen) atoms. The normalized spacial score (nSPS) is 22.6. The van der Waals surface area contributed by atoms with Gasteiger partial charge < -0.3 is 10.1 Å². The van der Waals surface area contributed by atoms with Crippen LogP contribution in [0.1, 0.15) is 29.2 Å². The SMILES string of the molecule is Cc1cccc2c1C(NC1=NCCO1)CC2. The van der Waals surface area contributed by atoms with Crippen molar-refractivity contribution in [2.45, 2.75) is 25.8 Å². The zero-order valence-electron chi connectivity index (χ0n) is 9.49. The molecular weight excluding hydrogens is 200 g/mol. The van der Waals surface area contributed by atoms with Crippen LogP contribution in [0.5, 0.6) is 0 Å². The Morgan fingerprint density at radius 1 is 1.44 bits per heavy atom. The topological polar surface area (TPSA) is 33.6 Å². The first-order valence-corrected chi connectivity index (χ1v) is 5.87. The summed E-state index contributed by atoms with van der Waals surface area (Å²) in [5.41, 5.74) is 4.28. The highest BCUT2D eigenvalue weighted by Crippen LogP contribution is 2.33. The fraction of sp³-hybridized carbons (Fsp3) is 0.462. The Bertz CT molecular complexity index is 440. The molecule has 0 radical (unpaired) electrons. The van der Waals surface area contributed by atoms with Crippen LogP contribution in [0.3, 0.4) is 0 Å². The summed E-state index contributed by atoms with van der Waals surface area (Å²) in [6.07, 6.45) is 2.30. The Balaban J connectivity index is 1.85. The lowest BCUT2D eigenvalue weighted by Gasteiger charge is -2.16. The van der Waals surface area contributed by atoms with Crippen LogP contribution in [0.4, 0.5) is 0 Å². The average Bonchev–Trinajstić information content (AvgIpc) is 2.90. The van der Waals surface area contributed by atoms with Gasteiger partial charge in [0.15, 0.2) is 0 Å². The Morgan fingerprint density at radius 3 is 3.19 bits per heavy atom. The monoisotopic (exact) mass is 216 g/mol. The van der Waals surface area contributed by atoms with Crippen LogP contribution in [0.15, 0.2) is 23.2 Å². The first kappa shape index (κ1) is 9.70. The molecule has 1 heterocycles. The highest BCUT2D eigenvalue weighted by Gasteiger charge is 2.25. The van der Waals surface area contributed by atoms with Crippen molar-refractivity contribution >= 4 is 6.02 Å². The van der Waals surface area contributed by atoms with Gasteiger partial charge >= 0.3 is 0 Å². The van der Waals surface area contributed by atoms with Gasteiger partial charge in [0.2, 0.25) is 0 Å². The van der Waals surface area contributed by atoms with Gasteiger partial charge in [-0.2, -0.15) is 0 Å². The van der Waals surface area contributed by atoms with Gasteiger partial charge in [0, 0.05) is 0 Å². The molecule has 0 amide bonds. The number of nitrogens with zero attached hydrogens (tertiary/aromatic N) is 1. The van der Waals surface area contributed by atoms with Crippen LogP contribution in [0.25, 0.3) is 0 Å². The van der Waals surface area contributed by atoms with E-state index in [1.165, 1.54) is 16.7 Å². The van der Waals surface area contributed by atoms with Gasteiger partial charge in [0.1, 0.15) is 6.61 Å². The molecule has 1 aromatic carbocycles. The number of hydrogen-bond acceptors (Lipinski definition) is 3. The highest BCUT2D eigenvalue weighted by molar-refractivity contribution is 5.75. The first-order chi connectivity index (χ1) is 7.84. The van der Waals surface area contributed by atoms with Crippen molar-refractivity contribution in [2.24, 2.45) is 4.99 Å². The molecule has 3 nitrogen and oxygen atoms in total. The third-order valence-electron chi connectivity index (χ3n) is 3.35. The third kappa shape index (κ3) is 1.56. The predicted octanol–water partition coefficient (Wildman–Crippen LogP) is 1.96. The second-order valence-corrected chi connectivity index (χ2v) is 4.42. The fourth-order valence-electron chi connectivity index (χ4n) is 2.62. The van der Waals surface area contributed by atoms with E-state index in [-0.39, 0.29) is 0 Å². The summed E-state index contributed by atoms with van der Waals surface area (Å²) in [5.74, 6) is 0. The molecule has 0 saturated carbocycles. The van der Waals surface area contributed by atoms with Crippen LogP contribution >= 0.6 is 0 Å². The summed E-state index contributed by atoms with van der Waals surface area (Å²) in [5, 5.41) is 3.40. The maximum atomic E-state index is 5.41. The summed E-state index contributed by atoms with van der Waals surface area (Å²) < 4.78 is 5.41. The summed E-state index contributed by atoms with van der Waals surface area (Å²) in [4.78, 5) is 4.29. The van der Waals surface area contributed by atoms with E-state index >= 15 is 0 Å². The Hall–Kier alpha value is -1.51. The minimum atomic E-state index is 0.382. The number of benzene rings is 1. The summed E-state index contributed by atoms with van der Waals surface area (Å²) in [6, 6.07) is 7.64. The molecule has 0 fully saturated rings. The second kappa shape index (κ2) is 3.81. The molecule has 0 saturated heterocycles. The van der Waals surface area contributed by atoms with Crippen molar-refractivity contribution in [3.8, 4) is 0 Å². The van der Waals surface area contributed by atoms with E-state index in [0.29, 0.717) is 6.04 Å². The maximum absolute atomic E-state index is 5.41. The number of ether oxygens (including phenoxy) is 1. The van der Waals surface area contributed by atoms with Crippen LogP contribution in [-0.4, -0.2) is 19.2 Å². The molecule has 1 aliphatic heterocycles. The van der Waals surface area contributed by atoms with Crippen LogP contribution in [0, 0.1) is 6.92 Å². The van der Waals surface area contributed by atoms with E-state index in [2.05, 4.69) is 35.4 Å². The number of fused-ring (bicyclic) bond motifs is 1. The smallest absolute Gasteiger partial charge is 0.285 e. The van der Waals surface area contributed by atoms with Crippen LogP contribution in [-0.2, 0) is 11.2 Å². The van der Waals surface area contributed by atoms with Crippen LogP contribution < -0.4 is 5.32 Å². The Labute approximate surface area is 95.5 Å². The van der Waals surface area contributed by atoms with Crippen molar-refractivity contribution in [1.82, 2.24) is 5.32 Å². The molecule has 1 atom stereocenters. The number of rotatable bonds is 1. The number of hydrogen-bond donors (Lipinski definition) is 1. The molecule has 0 spiro atoms. The van der Waals surface area contributed by atoms with Crippen molar-refractivity contribution in [1.29, 1.82) is 0 Å². The molecule has 2 aliphatic rings. The van der Waals surface area contributed by atoms with Crippen molar-refractivity contribution < 1.29 is 4.74 Å². The highest BCUT2D eigenvalue weighted by atomic mass is 16.5. The lowest BCUT2D eigenvalue weighted by molar-refractivity contribution is 0.325. The molecule has 1 aromatic rings. The van der Waals surface area contributed by atoms with Gasteiger partial charge in [-0.1, -0.05) is 18.2 Å². The van der Waals surface area contributed by atoms with E-state index in [0.717, 1.165) is 32.0 Å². The standard InChI is InChI=1S/C13H16N2O/c1-9-3-2-4-10-5-6-11(12(9)10)15-13-14-7-8-16-13/h2-4,11H,5-8H2,1H3,(H,14,15). The quantitative estimate of drug-likeness (QED) is 0.778. The van der Waals surface area contributed by atoms with Gasteiger partial charge in [-0.15, -0.1) is 0 Å². The van der Waals surface area contributed by atoms with Crippen molar-refractivity contribution in [3.63, 3.8) is 0 Å². The van der Waals surface area contributed by atoms with E-state index in [4.69, 9.17) is 4.74 Å².